The zero-order valence-corrected chi connectivity index (χ0v) is 9.24. The highest BCUT2D eigenvalue weighted by Crippen LogP contribution is 2.29. The number of rotatable bonds is 2. The van der Waals surface area contributed by atoms with E-state index in [0.717, 1.165) is 13.0 Å². The van der Waals surface area contributed by atoms with Gasteiger partial charge in [-0.2, -0.15) is 0 Å². The molecule has 0 aromatic heterocycles. The molecule has 0 bridgehead atoms. The van der Waals surface area contributed by atoms with Crippen LogP contribution in [0.5, 0.6) is 0 Å². The molecule has 0 radical (unpaired) electrons. The van der Waals surface area contributed by atoms with Crippen LogP contribution in [0.4, 0.5) is 0 Å². The van der Waals surface area contributed by atoms with Crippen LogP contribution in [0, 0.1) is 6.92 Å². The fraction of sp³-hybridized carbons (Fsp3) is 0.538. The first-order valence-electron chi connectivity index (χ1n) is 5.71. The highest BCUT2D eigenvalue weighted by Gasteiger charge is 2.22. The Morgan fingerprint density at radius 1 is 1.40 bits per heavy atom. The fourth-order valence-electron chi connectivity index (χ4n) is 2.47. The topological polar surface area (TPSA) is 32.3 Å². The summed E-state index contributed by atoms with van der Waals surface area (Å²) in [7, 11) is 0. The number of piperidine rings is 1. The Hall–Kier alpha value is -0.860. The third-order valence-electron chi connectivity index (χ3n) is 3.34. The minimum absolute atomic E-state index is 0.252. The Morgan fingerprint density at radius 3 is 2.93 bits per heavy atom. The van der Waals surface area contributed by atoms with Crippen molar-refractivity contribution in [2.24, 2.45) is 0 Å². The molecule has 2 rings (SSSR count). The van der Waals surface area contributed by atoms with Crippen molar-refractivity contribution in [3.8, 4) is 0 Å². The van der Waals surface area contributed by atoms with Crippen molar-refractivity contribution in [2.75, 3.05) is 13.2 Å². The van der Waals surface area contributed by atoms with Crippen LogP contribution in [0.2, 0.25) is 0 Å². The molecule has 1 heterocycles. The van der Waals surface area contributed by atoms with Gasteiger partial charge < -0.3 is 10.4 Å². The number of hydrogen-bond donors (Lipinski definition) is 2. The van der Waals surface area contributed by atoms with Crippen molar-refractivity contribution in [3.63, 3.8) is 0 Å². The van der Waals surface area contributed by atoms with Gasteiger partial charge in [-0.15, -0.1) is 0 Å². The van der Waals surface area contributed by atoms with Crippen molar-refractivity contribution >= 4 is 0 Å². The summed E-state index contributed by atoms with van der Waals surface area (Å²) < 4.78 is 0. The lowest BCUT2D eigenvalue weighted by atomic mass is 9.84. The number of hydrogen-bond acceptors (Lipinski definition) is 2. The lowest BCUT2D eigenvalue weighted by Gasteiger charge is -2.30. The zero-order valence-electron chi connectivity index (χ0n) is 9.24. The van der Waals surface area contributed by atoms with Gasteiger partial charge in [-0.3, -0.25) is 0 Å². The first-order valence-corrected chi connectivity index (χ1v) is 5.71. The van der Waals surface area contributed by atoms with Gasteiger partial charge in [0.05, 0.1) is 6.61 Å². The van der Waals surface area contributed by atoms with E-state index in [4.69, 9.17) is 5.11 Å². The first-order chi connectivity index (χ1) is 7.31. The zero-order chi connectivity index (χ0) is 10.7. The van der Waals surface area contributed by atoms with Crippen LogP contribution in [0.15, 0.2) is 24.3 Å². The Labute approximate surface area is 91.3 Å². The van der Waals surface area contributed by atoms with E-state index in [9.17, 15) is 0 Å². The summed E-state index contributed by atoms with van der Waals surface area (Å²) in [4.78, 5) is 0. The molecule has 2 nitrogen and oxygen atoms in total. The van der Waals surface area contributed by atoms with E-state index in [1.165, 1.54) is 17.5 Å². The Bertz CT molecular complexity index is 324. The summed E-state index contributed by atoms with van der Waals surface area (Å²) in [5, 5.41) is 12.5. The molecule has 2 atom stereocenters. The van der Waals surface area contributed by atoms with Gasteiger partial charge in [-0.1, -0.05) is 24.3 Å². The van der Waals surface area contributed by atoms with Crippen LogP contribution in [0.3, 0.4) is 0 Å². The van der Waals surface area contributed by atoms with Crippen molar-refractivity contribution < 1.29 is 5.11 Å². The lowest BCUT2D eigenvalue weighted by molar-refractivity contribution is 0.210. The molecule has 1 saturated heterocycles. The quantitative estimate of drug-likeness (QED) is 0.772. The molecule has 2 heteroatoms. The smallest absolute Gasteiger partial charge is 0.0584 e. The largest absolute Gasteiger partial charge is 0.395 e. The molecular formula is C13H19NO. The molecule has 1 aromatic carbocycles. The summed E-state index contributed by atoms with van der Waals surface area (Å²) in [6, 6.07) is 8.87. The normalized spacial score (nSPS) is 26.5. The van der Waals surface area contributed by atoms with E-state index < -0.39 is 0 Å². The Kier molecular flexibility index (Phi) is 3.39. The summed E-state index contributed by atoms with van der Waals surface area (Å²) in [5.74, 6) is 0.615. The number of nitrogens with one attached hydrogen (secondary N) is 1. The maximum Gasteiger partial charge on any atom is 0.0584 e. The summed E-state index contributed by atoms with van der Waals surface area (Å²) in [6.45, 7) is 3.44. The SMILES string of the molecule is Cc1ccccc1C1CCNC(CO)C1. The van der Waals surface area contributed by atoms with Gasteiger partial charge in [0, 0.05) is 6.04 Å². The van der Waals surface area contributed by atoms with E-state index in [0.29, 0.717) is 5.92 Å². The van der Waals surface area contributed by atoms with E-state index in [-0.39, 0.29) is 12.6 Å². The standard InChI is InChI=1S/C13H19NO/c1-10-4-2-3-5-13(10)11-6-7-14-12(8-11)9-15/h2-5,11-12,14-15H,6-9H2,1H3. The molecule has 0 saturated carbocycles. The molecule has 1 aliphatic rings. The highest BCUT2D eigenvalue weighted by molar-refractivity contribution is 5.29. The Morgan fingerprint density at radius 2 is 2.20 bits per heavy atom. The molecule has 2 unspecified atom stereocenters. The third-order valence-corrected chi connectivity index (χ3v) is 3.34. The second-order valence-electron chi connectivity index (χ2n) is 4.41. The maximum atomic E-state index is 9.16. The molecule has 0 aliphatic carbocycles. The lowest BCUT2D eigenvalue weighted by Crippen LogP contribution is -2.39. The van der Waals surface area contributed by atoms with Crippen molar-refractivity contribution in [2.45, 2.75) is 31.7 Å². The molecule has 82 valence electrons. The van der Waals surface area contributed by atoms with Gasteiger partial charge in [0.25, 0.3) is 0 Å². The molecule has 0 amide bonds. The number of benzene rings is 1. The molecule has 1 fully saturated rings. The van der Waals surface area contributed by atoms with Crippen molar-refractivity contribution in [1.29, 1.82) is 0 Å². The van der Waals surface area contributed by atoms with Crippen LogP contribution in [-0.2, 0) is 0 Å². The number of aryl methyl sites for hydroxylation is 1. The first kappa shape index (κ1) is 10.7. The van der Waals surface area contributed by atoms with Gasteiger partial charge in [-0.05, 0) is 43.4 Å². The number of aliphatic hydroxyl groups is 1. The average Bonchev–Trinajstić information content (AvgIpc) is 2.30. The molecule has 1 aliphatic heterocycles. The van der Waals surface area contributed by atoms with Gasteiger partial charge in [0.15, 0.2) is 0 Å². The minimum Gasteiger partial charge on any atom is -0.395 e. The van der Waals surface area contributed by atoms with Gasteiger partial charge in [0.1, 0.15) is 0 Å². The highest BCUT2D eigenvalue weighted by atomic mass is 16.3. The Balaban J connectivity index is 2.13. The van der Waals surface area contributed by atoms with E-state index in [1.54, 1.807) is 0 Å². The maximum absolute atomic E-state index is 9.16. The summed E-state index contributed by atoms with van der Waals surface area (Å²) in [5.41, 5.74) is 2.83. The summed E-state index contributed by atoms with van der Waals surface area (Å²) in [6.07, 6.45) is 2.24. The monoisotopic (exact) mass is 205 g/mol. The fourth-order valence-corrected chi connectivity index (χ4v) is 2.47. The predicted octanol–water partition coefficient (Wildman–Crippen LogP) is 1.82. The molecule has 0 spiro atoms. The van der Waals surface area contributed by atoms with Crippen LogP contribution in [0.1, 0.15) is 29.9 Å². The number of aliphatic hydroxyl groups excluding tert-OH is 1. The molecule has 1 aromatic rings. The van der Waals surface area contributed by atoms with Crippen LogP contribution >= 0.6 is 0 Å². The second kappa shape index (κ2) is 4.77. The molecular weight excluding hydrogens is 186 g/mol. The van der Waals surface area contributed by atoms with Crippen LogP contribution in [-0.4, -0.2) is 24.3 Å². The average molecular weight is 205 g/mol. The third kappa shape index (κ3) is 2.39. The van der Waals surface area contributed by atoms with Gasteiger partial charge >= 0.3 is 0 Å². The predicted molar refractivity (Wildman–Crippen MR) is 62.0 cm³/mol. The van der Waals surface area contributed by atoms with E-state index >= 15 is 0 Å². The summed E-state index contributed by atoms with van der Waals surface area (Å²) >= 11 is 0. The van der Waals surface area contributed by atoms with E-state index in [2.05, 4.69) is 36.5 Å². The van der Waals surface area contributed by atoms with Gasteiger partial charge in [0.2, 0.25) is 0 Å². The van der Waals surface area contributed by atoms with Crippen molar-refractivity contribution in [3.05, 3.63) is 35.4 Å². The van der Waals surface area contributed by atoms with E-state index in [1.807, 2.05) is 0 Å². The van der Waals surface area contributed by atoms with Crippen molar-refractivity contribution in [1.82, 2.24) is 5.32 Å². The minimum atomic E-state index is 0.252. The van der Waals surface area contributed by atoms with Crippen LogP contribution in [0.25, 0.3) is 0 Å². The molecule has 15 heavy (non-hydrogen) atoms. The second-order valence-corrected chi connectivity index (χ2v) is 4.41. The molecule has 2 N–H and O–H groups in total. The van der Waals surface area contributed by atoms with Gasteiger partial charge in [-0.25, -0.2) is 0 Å². The van der Waals surface area contributed by atoms with Crippen LogP contribution < -0.4 is 5.32 Å².